The molecule has 0 aromatic heterocycles. The summed E-state index contributed by atoms with van der Waals surface area (Å²) in [4.78, 5) is 41.1. The zero-order valence-electron chi connectivity index (χ0n) is 19.9. The molecule has 0 aliphatic rings. The fourth-order valence-corrected chi connectivity index (χ4v) is 3.83. The molecule has 3 amide bonds. The van der Waals surface area contributed by atoms with Crippen LogP contribution in [0, 0.1) is 20.8 Å². The summed E-state index contributed by atoms with van der Waals surface area (Å²) in [6.45, 7) is 1.52. The van der Waals surface area contributed by atoms with E-state index >= 15 is 0 Å². The predicted molar refractivity (Wildman–Crippen MR) is 123 cm³/mol. The van der Waals surface area contributed by atoms with Gasteiger partial charge in [0.05, 0.1) is 37.7 Å². The molecule has 7 N–H and O–H groups in total. The molecule has 0 spiro atoms. The van der Waals surface area contributed by atoms with Gasteiger partial charge in [0.1, 0.15) is 6.61 Å². The maximum absolute atomic E-state index is 13.3. The van der Waals surface area contributed by atoms with Gasteiger partial charge in [0.25, 0.3) is 17.7 Å². The van der Waals surface area contributed by atoms with E-state index in [9.17, 15) is 34.8 Å². The third-order valence-electron chi connectivity index (χ3n) is 5.43. The molecule has 34 heavy (non-hydrogen) atoms. The monoisotopic (exact) mass is 485 g/mol. The first-order chi connectivity index (χ1) is 16.0. The highest BCUT2D eigenvalue weighted by Gasteiger charge is 2.30. The number of nitrogens with one attached hydrogen (secondary N) is 1. The van der Waals surface area contributed by atoms with Gasteiger partial charge < -0.3 is 45.8 Å². The van der Waals surface area contributed by atoms with Crippen LogP contribution in [0.4, 0.5) is 5.69 Å². The lowest BCUT2D eigenvalue weighted by Crippen LogP contribution is -2.40. The summed E-state index contributed by atoms with van der Waals surface area (Å²) in [5.41, 5.74) is 1.15. The Morgan fingerprint density at radius 3 is 1.94 bits per heavy atom. The average Bonchev–Trinajstić information content (AvgIpc) is 2.80. The first-order valence-corrected chi connectivity index (χ1v) is 10.7. The van der Waals surface area contributed by atoms with Crippen molar-refractivity contribution in [3.05, 3.63) is 27.8 Å². The van der Waals surface area contributed by atoms with Crippen LogP contribution in [-0.4, -0.2) is 119 Å². The van der Waals surface area contributed by atoms with E-state index in [1.54, 1.807) is 13.8 Å². The smallest absolute Gasteiger partial charge is 0.254 e. The van der Waals surface area contributed by atoms with Crippen LogP contribution in [0.1, 0.15) is 37.4 Å². The summed E-state index contributed by atoms with van der Waals surface area (Å²) < 4.78 is 0. The van der Waals surface area contributed by atoms with Gasteiger partial charge >= 0.3 is 0 Å². The summed E-state index contributed by atoms with van der Waals surface area (Å²) in [5.74, 6) is -2.02. The van der Waals surface area contributed by atoms with E-state index in [-0.39, 0.29) is 42.0 Å². The Kier molecular flexibility index (Phi) is 11.5. The lowest BCUT2D eigenvalue weighted by atomic mass is 9.89. The van der Waals surface area contributed by atoms with Crippen LogP contribution in [0.25, 0.3) is 0 Å². The van der Waals surface area contributed by atoms with Crippen molar-refractivity contribution in [2.24, 2.45) is 0 Å². The SMILES string of the molecule is Cc1c(C(=O)NCC(O)CO)c(C)c(N(CCO)C(=O)CO)c(C)c1C(=O)N(C)CC(O)CO. The number of amides is 3. The van der Waals surface area contributed by atoms with Crippen LogP contribution in [0.2, 0.25) is 0 Å². The van der Waals surface area contributed by atoms with Crippen molar-refractivity contribution in [1.29, 1.82) is 0 Å². The van der Waals surface area contributed by atoms with Gasteiger partial charge in [-0.2, -0.15) is 0 Å². The second-order valence-corrected chi connectivity index (χ2v) is 7.97. The summed E-state index contributed by atoms with van der Waals surface area (Å²) in [5, 5.41) is 58.9. The maximum atomic E-state index is 13.3. The molecule has 0 aliphatic heterocycles. The molecule has 1 aromatic rings. The summed E-state index contributed by atoms with van der Waals surface area (Å²) in [6, 6.07) is 0. The quantitative estimate of drug-likeness (QED) is 0.167. The van der Waals surface area contributed by atoms with Crippen molar-refractivity contribution in [2.75, 3.05) is 58.0 Å². The van der Waals surface area contributed by atoms with Crippen LogP contribution in [0.15, 0.2) is 0 Å². The maximum Gasteiger partial charge on any atom is 0.254 e. The molecule has 2 unspecified atom stereocenters. The van der Waals surface area contributed by atoms with Crippen molar-refractivity contribution < 1.29 is 45.0 Å². The third kappa shape index (κ3) is 6.72. The number of carbonyl (C=O) groups excluding carboxylic acids is 3. The van der Waals surface area contributed by atoms with Crippen LogP contribution in [0.5, 0.6) is 0 Å². The number of likely N-dealkylation sites (N-methyl/N-ethyl adjacent to an activating group) is 1. The van der Waals surface area contributed by atoms with Gasteiger partial charge in [-0.1, -0.05) is 0 Å². The van der Waals surface area contributed by atoms with Crippen LogP contribution < -0.4 is 10.2 Å². The van der Waals surface area contributed by atoms with Gasteiger partial charge in [-0.25, -0.2) is 0 Å². The van der Waals surface area contributed by atoms with Gasteiger partial charge in [-0.05, 0) is 37.5 Å². The van der Waals surface area contributed by atoms with Gasteiger partial charge in [-0.3, -0.25) is 14.4 Å². The minimum absolute atomic E-state index is 0.0406. The number of aliphatic hydroxyl groups is 6. The molecule has 2 atom stereocenters. The molecule has 1 aromatic carbocycles. The van der Waals surface area contributed by atoms with E-state index in [2.05, 4.69) is 5.32 Å². The van der Waals surface area contributed by atoms with Crippen LogP contribution >= 0.6 is 0 Å². The normalized spacial score (nSPS) is 12.8. The Morgan fingerprint density at radius 2 is 1.44 bits per heavy atom. The number of carbonyl (C=O) groups is 3. The second kappa shape index (κ2) is 13.3. The zero-order chi connectivity index (χ0) is 26.2. The predicted octanol–water partition coefficient (Wildman–Crippen LogP) is -2.56. The van der Waals surface area contributed by atoms with Crippen molar-refractivity contribution in [1.82, 2.24) is 10.2 Å². The minimum Gasteiger partial charge on any atom is -0.395 e. The Balaban J connectivity index is 3.80. The topological polar surface area (TPSA) is 191 Å². The van der Waals surface area contributed by atoms with Gasteiger partial charge in [0.15, 0.2) is 0 Å². The van der Waals surface area contributed by atoms with E-state index in [1.165, 1.54) is 14.0 Å². The molecule has 0 radical (unpaired) electrons. The lowest BCUT2D eigenvalue weighted by Gasteiger charge is -2.30. The van der Waals surface area contributed by atoms with Crippen molar-refractivity contribution >= 4 is 23.4 Å². The molecule has 0 heterocycles. The first-order valence-electron chi connectivity index (χ1n) is 10.7. The molecule has 192 valence electrons. The van der Waals surface area contributed by atoms with Crippen molar-refractivity contribution in [2.45, 2.75) is 33.0 Å². The van der Waals surface area contributed by atoms with Crippen molar-refractivity contribution in [3.63, 3.8) is 0 Å². The minimum atomic E-state index is -1.21. The number of nitrogens with zero attached hydrogens (tertiary/aromatic N) is 2. The number of rotatable bonds is 12. The fraction of sp³-hybridized carbons (Fsp3) is 0.591. The van der Waals surface area contributed by atoms with Crippen LogP contribution in [0.3, 0.4) is 0 Å². The molecular weight excluding hydrogens is 450 g/mol. The van der Waals surface area contributed by atoms with Gasteiger partial charge in [0.2, 0.25) is 0 Å². The first kappa shape index (κ1) is 29.4. The second-order valence-electron chi connectivity index (χ2n) is 7.97. The molecule has 0 aliphatic carbocycles. The molecule has 0 fully saturated rings. The van der Waals surface area contributed by atoms with Crippen LogP contribution in [-0.2, 0) is 4.79 Å². The number of aliphatic hydroxyl groups excluding tert-OH is 6. The number of benzene rings is 1. The molecular formula is C22H35N3O9. The van der Waals surface area contributed by atoms with E-state index in [0.717, 1.165) is 9.80 Å². The Labute approximate surface area is 198 Å². The van der Waals surface area contributed by atoms with Crippen molar-refractivity contribution in [3.8, 4) is 0 Å². The number of anilines is 1. The fourth-order valence-electron chi connectivity index (χ4n) is 3.83. The summed E-state index contributed by atoms with van der Waals surface area (Å²) in [7, 11) is 1.40. The van der Waals surface area contributed by atoms with E-state index in [0.29, 0.717) is 11.1 Å². The molecule has 0 saturated heterocycles. The molecule has 0 saturated carbocycles. The Hall–Kier alpha value is -2.61. The number of hydrogen-bond donors (Lipinski definition) is 7. The van der Waals surface area contributed by atoms with Gasteiger partial charge in [0, 0.05) is 37.8 Å². The molecule has 12 nitrogen and oxygen atoms in total. The lowest BCUT2D eigenvalue weighted by molar-refractivity contribution is -0.121. The number of hydrogen-bond acceptors (Lipinski definition) is 9. The molecule has 12 heteroatoms. The van der Waals surface area contributed by atoms with E-state index in [4.69, 9.17) is 10.2 Å². The molecule has 1 rings (SSSR count). The largest absolute Gasteiger partial charge is 0.395 e. The Bertz CT molecular complexity index is 891. The molecule has 0 bridgehead atoms. The van der Waals surface area contributed by atoms with E-state index in [1.807, 2.05) is 0 Å². The third-order valence-corrected chi connectivity index (χ3v) is 5.43. The average molecular weight is 486 g/mol. The zero-order valence-corrected chi connectivity index (χ0v) is 19.9. The highest BCUT2D eigenvalue weighted by molar-refractivity contribution is 6.08. The highest BCUT2D eigenvalue weighted by atomic mass is 16.3. The standard InChI is InChI=1S/C22H35N3O9/c1-12-18(21(33)23-7-15(30)9-27)13(2)20(25(5-6-26)17(32)11-29)14(3)19(12)22(34)24(4)8-16(31)10-28/h15-16,26-31H,5-11H2,1-4H3,(H,23,33). The summed E-state index contributed by atoms with van der Waals surface area (Å²) >= 11 is 0. The van der Waals surface area contributed by atoms with Gasteiger partial charge in [-0.15, -0.1) is 0 Å². The van der Waals surface area contributed by atoms with E-state index < -0.39 is 56.4 Å². The highest BCUT2D eigenvalue weighted by Crippen LogP contribution is 2.35. The Morgan fingerprint density at radius 1 is 0.882 bits per heavy atom. The summed E-state index contributed by atoms with van der Waals surface area (Å²) in [6.07, 6.45) is -2.40.